The van der Waals surface area contributed by atoms with Gasteiger partial charge in [-0.1, -0.05) is 66.5 Å². The molecule has 1 unspecified atom stereocenters. The minimum atomic E-state index is -0.577. The van der Waals surface area contributed by atoms with Crippen LogP contribution in [0.1, 0.15) is 29.3 Å². The number of amides is 3. The molecular formula is C34H31Cl2N3O5S. The molecule has 3 amide bonds. The molecule has 11 heteroatoms. The van der Waals surface area contributed by atoms with Gasteiger partial charge in [0.15, 0.2) is 0 Å². The van der Waals surface area contributed by atoms with E-state index in [4.69, 9.17) is 32.7 Å². The fourth-order valence-corrected chi connectivity index (χ4v) is 5.56. The zero-order valence-corrected chi connectivity index (χ0v) is 27.1. The minimum absolute atomic E-state index is 0.0378. The summed E-state index contributed by atoms with van der Waals surface area (Å²) in [5.74, 6) is -0.163. The van der Waals surface area contributed by atoms with Crippen LogP contribution in [0.2, 0.25) is 10.0 Å². The number of carbonyl (C=O) groups is 3. The highest BCUT2D eigenvalue weighted by Crippen LogP contribution is 2.33. The Balaban J connectivity index is 1.53. The van der Waals surface area contributed by atoms with E-state index in [0.29, 0.717) is 45.4 Å². The van der Waals surface area contributed by atoms with Crippen molar-refractivity contribution in [2.45, 2.75) is 23.5 Å². The van der Waals surface area contributed by atoms with Crippen LogP contribution in [-0.4, -0.2) is 37.2 Å². The molecule has 0 heterocycles. The SMILES string of the molecule is CCC(Sc1cccc(NC(=O)/C(=C\c2cccc(Cl)c2Cl)NC(=O)c2ccccc2)c1)C(=O)Nc1cc(OC)ccc1OC. The number of carbonyl (C=O) groups excluding carboxylic acids is 3. The Hall–Kier alpha value is -4.44. The van der Waals surface area contributed by atoms with E-state index in [1.807, 2.05) is 13.0 Å². The molecule has 45 heavy (non-hydrogen) atoms. The number of halogens is 2. The number of nitrogens with one attached hydrogen (secondary N) is 3. The van der Waals surface area contributed by atoms with Crippen LogP contribution < -0.4 is 25.4 Å². The van der Waals surface area contributed by atoms with Gasteiger partial charge in [0.2, 0.25) is 5.91 Å². The van der Waals surface area contributed by atoms with Gasteiger partial charge in [-0.25, -0.2) is 0 Å². The normalized spacial score (nSPS) is 11.7. The maximum absolute atomic E-state index is 13.5. The van der Waals surface area contributed by atoms with Crippen LogP contribution in [0.5, 0.6) is 11.5 Å². The third-order valence-electron chi connectivity index (χ3n) is 6.51. The Bertz CT molecular complexity index is 1720. The maximum Gasteiger partial charge on any atom is 0.272 e. The molecule has 4 aromatic carbocycles. The molecule has 0 aromatic heterocycles. The number of thioether (sulfide) groups is 1. The Morgan fingerprint density at radius 1 is 0.867 bits per heavy atom. The van der Waals surface area contributed by atoms with Crippen molar-refractivity contribution in [1.29, 1.82) is 0 Å². The fraction of sp³-hybridized carbons (Fsp3) is 0.147. The van der Waals surface area contributed by atoms with Crippen molar-refractivity contribution in [3.63, 3.8) is 0 Å². The Morgan fingerprint density at radius 2 is 1.62 bits per heavy atom. The molecule has 3 N–H and O–H groups in total. The highest BCUT2D eigenvalue weighted by atomic mass is 35.5. The van der Waals surface area contributed by atoms with Crippen LogP contribution in [0.3, 0.4) is 0 Å². The molecule has 8 nitrogen and oxygen atoms in total. The molecule has 4 rings (SSSR count). The van der Waals surface area contributed by atoms with Gasteiger partial charge in [0.1, 0.15) is 17.2 Å². The average Bonchev–Trinajstić information content (AvgIpc) is 3.05. The van der Waals surface area contributed by atoms with Crippen LogP contribution in [0.15, 0.2) is 102 Å². The Labute approximate surface area is 276 Å². The summed E-state index contributed by atoms with van der Waals surface area (Å²) in [7, 11) is 3.08. The molecule has 0 aliphatic carbocycles. The molecule has 0 aliphatic heterocycles. The molecule has 0 radical (unpaired) electrons. The third kappa shape index (κ3) is 9.04. The molecule has 0 bridgehead atoms. The first kappa shape index (κ1) is 33.5. The average molecular weight is 665 g/mol. The quantitative estimate of drug-likeness (QED) is 0.105. The van der Waals surface area contributed by atoms with Crippen molar-refractivity contribution in [1.82, 2.24) is 5.32 Å². The van der Waals surface area contributed by atoms with Crippen LogP contribution in [0, 0.1) is 0 Å². The number of rotatable bonds is 12. The lowest BCUT2D eigenvalue weighted by Gasteiger charge is -2.17. The molecule has 0 fully saturated rings. The van der Waals surface area contributed by atoms with Crippen molar-refractivity contribution in [3.8, 4) is 11.5 Å². The fourth-order valence-electron chi connectivity index (χ4n) is 4.19. The molecule has 4 aromatic rings. The topological polar surface area (TPSA) is 106 Å². The van der Waals surface area contributed by atoms with Gasteiger partial charge in [0.25, 0.3) is 11.8 Å². The van der Waals surface area contributed by atoms with Gasteiger partial charge in [-0.2, -0.15) is 0 Å². The first-order valence-electron chi connectivity index (χ1n) is 13.9. The van der Waals surface area contributed by atoms with Crippen LogP contribution in [-0.2, 0) is 9.59 Å². The lowest BCUT2D eigenvalue weighted by atomic mass is 10.1. The van der Waals surface area contributed by atoms with E-state index in [9.17, 15) is 14.4 Å². The smallest absolute Gasteiger partial charge is 0.272 e. The van der Waals surface area contributed by atoms with Gasteiger partial charge in [0.05, 0.1) is 35.2 Å². The number of anilines is 2. The predicted octanol–water partition coefficient (Wildman–Crippen LogP) is 7.93. The van der Waals surface area contributed by atoms with Crippen molar-refractivity contribution >= 4 is 70.1 Å². The summed E-state index contributed by atoms with van der Waals surface area (Å²) in [5.41, 5.74) is 1.76. The predicted molar refractivity (Wildman–Crippen MR) is 182 cm³/mol. The van der Waals surface area contributed by atoms with E-state index in [1.54, 1.807) is 92.0 Å². The van der Waals surface area contributed by atoms with E-state index < -0.39 is 17.1 Å². The van der Waals surface area contributed by atoms with E-state index in [1.165, 1.54) is 24.9 Å². The third-order valence-corrected chi connectivity index (χ3v) is 8.70. The standard InChI is InChI=1S/C34H31Cl2N3O5S/c1-4-30(34(42)38-27-20-24(43-2)16-17-29(27)44-3)45-25-14-9-13-23(19-25)37-33(41)28(18-22-12-8-15-26(35)31(22)36)39-32(40)21-10-6-5-7-11-21/h5-20,30H,4H2,1-3H3,(H,37,41)(H,38,42)(H,39,40)/b28-18+. The van der Waals surface area contributed by atoms with E-state index >= 15 is 0 Å². The number of hydrogen-bond acceptors (Lipinski definition) is 6. The van der Waals surface area contributed by atoms with Crippen molar-refractivity contribution < 1.29 is 23.9 Å². The second kappa shape index (κ2) is 16.0. The summed E-state index contributed by atoms with van der Waals surface area (Å²) in [4.78, 5) is 40.5. The monoisotopic (exact) mass is 663 g/mol. The maximum atomic E-state index is 13.5. The lowest BCUT2D eigenvalue weighted by Crippen LogP contribution is -2.30. The molecular weight excluding hydrogens is 633 g/mol. The van der Waals surface area contributed by atoms with Crippen molar-refractivity contribution in [2.24, 2.45) is 0 Å². The van der Waals surface area contributed by atoms with Gasteiger partial charge in [-0.15, -0.1) is 11.8 Å². The van der Waals surface area contributed by atoms with Crippen molar-refractivity contribution in [3.05, 3.63) is 118 Å². The highest BCUT2D eigenvalue weighted by molar-refractivity contribution is 8.00. The van der Waals surface area contributed by atoms with Gasteiger partial charge in [-0.05, 0) is 66.6 Å². The van der Waals surface area contributed by atoms with Gasteiger partial charge in [0, 0.05) is 22.2 Å². The van der Waals surface area contributed by atoms with Crippen LogP contribution in [0.25, 0.3) is 6.08 Å². The summed E-state index contributed by atoms with van der Waals surface area (Å²) in [6, 6.07) is 25.8. The molecule has 0 saturated carbocycles. The summed E-state index contributed by atoms with van der Waals surface area (Å²) in [6.45, 7) is 1.92. The second-order valence-electron chi connectivity index (χ2n) is 9.57. The summed E-state index contributed by atoms with van der Waals surface area (Å²) < 4.78 is 10.7. The largest absolute Gasteiger partial charge is 0.497 e. The first-order chi connectivity index (χ1) is 21.7. The van der Waals surface area contributed by atoms with Crippen LogP contribution >= 0.6 is 35.0 Å². The first-order valence-corrected chi connectivity index (χ1v) is 15.5. The molecule has 1 atom stereocenters. The molecule has 0 spiro atoms. The summed E-state index contributed by atoms with van der Waals surface area (Å²) in [5, 5.41) is 8.57. The highest BCUT2D eigenvalue weighted by Gasteiger charge is 2.21. The number of hydrogen-bond donors (Lipinski definition) is 3. The Morgan fingerprint density at radius 3 is 2.33 bits per heavy atom. The van der Waals surface area contributed by atoms with E-state index in [2.05, 4.69) is 16.0 Å². The molecule has 232 valence electrons. The summed E-state index contributed by atoms with van der Waals surface area (Å²) in [6.07, 6.45) is 2.01. The Kier molecular flexibility index (Phi) is 11.9. The van der Waals surface area contributed by atoms with Gasteiger partial charge >= 0.3 is 0 Å². The lowest BCUT2D eigenvalue weighted by molar-refractivity contribution is -0.116. The number of benzene rings is 4. The number of methoxy groups -OCH3 is 2. The molecule has 0 saturated heterocycles. The van der Waals surface area contributed by atoms with Crippen molar-refractivity contribution in [2.75, 3.05) is 24.9 Å². The zero-order valence-electron chi connectivity index (χ0n) is 24.7. The van der Waals surface area contributed by atoms with E-state index in [0.717, 1.165) is 4.90 Å². The zero-order chi connectivity index (χ0) is 32.3. The van der Waals surface area contributed by atoms with Gasteiger partial charge in [-0.3, -0.25) is 14.4 Å². The molecule has 0 aliphatic rings. The van der Waals surface area contributed by atoms with Crippen LogP contribution in [0.4, 0.5) is 11.4 Å². The minimum Gasteiger partial charge on any atom is -0.497 e. The second-order valence-corrected chi connectivity index (χ2v) is 11.6. The van der Waals surface area contributed by atoms with E-state index in [-0.39, 0.29) is 16.6 Å². The number of ether oxygens (including phenoxy) is 2. The van der Waals surface area contributed by atoms with Gasteiger partial charge < -0.3 is 25.4 Å². The summed E-state index contributed by atoms with van der Waals surface area (Å²) >= 11 is 13.9.